The lowest BCUT2D eigenvalue weighted by Gasteiger charge is -2.19. The van der Waals surface area contributed by atoms with E-state index >= 15 is 0 Å². The molecule has 1 aliphatic rings. The minimum atomic E-state index is -0.419. The van der Waals surface area contributed by atoms with E-state index in [1.165, 1.54) is 33.1 Å². The van der Waals surface area contributed by atoms with Gasteiger partial charge in [-0.15, -0.1) is 11.8 Å². The summed E-state index contributed by atoms with van der Waals surface area (Å²) in [6.07, 6.45) is 0. The second-order valence-electron chi connectivity index (χ2n) is 5.82. The Morgan fingerprint density at radius 3 is 2.25 bits per heavy atom. The standard InChI is InChI=1S/C21H21NO5S/c1-5-28-19-18(14-8-6-7-9-16(14)26-3)20(23)22(21(19)24)15-12-13(25-2)10-11-17(15)27-4/h6-12H,5H2,1-4H3. The SMILES string of the molecule is CCSC1=C(c2ccccc2OC)C(=O)N(c2cc(OC)ccc2OC)C1=O. The zero-order valence-electron chi connectivity index (χ0n) is 16.1. The van der Waals surface area contributed by atoms with Gasteiger partial charge in [-0.2, -0.15) is 0 Å². The molecule has 7 heteroatoms. The van der Waals surface area contributed by atoms with Crippen LogP contribution in [0.15, 0.2) is 47.4 Å². The quantitative estimate of drug-likeness (QED) is 0.661. The molecule has 0 unspecified atom stereocenters. The summed E-state index contributed by atoms with van der Waals surface area (Å²) in [4.78, 5) is 28.2. The number of thioether (sulfide) groups is 1. The van der Waals surface area contributed by atoms with Gasteiger partial charge in [-0.25, -0.2) is 4.90 Å². The molecule has 0 aliphatic carbocycles. The number of ether oxygens (including phenoxy) is 3. The maximum absolute atomic E-state index is 13.4. The summed E-state index contributed by atoms with van der Waals surface area (Å²) in [5, 5.41) is 0. The molecule has 0 bridgehead atoms. The van der Waals surface area contributed by atoms with Crippen molar-refractivity contribution in [3.05, 3.63) is 52.9 Å². The van der Waals surface area contributed by atoms with E-state index in [2.05, 4.69) is 0 Å². The topological polar surface area (TPSA) is 65.1 Å². The number of benzene rings is 2. The molecule has 3 rings (SSSR count). The largest absolute Gasteiger partial charge is 0.497 e. The third-order valence-corrected chi connectivity index (χ3v) is 5.29. The molecule has 1 aliphatic heterocycles. The van der Waals surface area contributed by atoms with Crippen LogP contribution in [0, 0.1) is 0 Å². The second kappa shape index (κ2) is 8.39. The van der Waals surface area contributed by atoms with E-state index in [0.717, 1.165) is 4.90 Å². The van der Waals surface area contributed by atoms with Crippen LogP contribution in [-0.4, -0.2) is 38.9 Å². The number of methoxy groups -OCH3 is 3. The van der Waals surface area contributed by atoms with Crippen LogP contribution < -0.4 is 19.1 Å². The Balaban J connectivity index is 2.18. The highest BCUT2D eigenvalue weighted by Crippen LogP contribution is 2.44. The van der Waals surface area contributed by atoms with E-state index in [9.17, 15) is 9.59 Å². The Morgan fingerprint density at radius 1 is 0.893 bits per heavy atom. The predicted octanol–water partition coefficient (Wildman–Crippen LogP) is 3.75. The normalized spacial score (nSPS) is 13.9. The van der Waals surface area contributed by atoms with E-state index in [-0.39, 0.29) is 5.91 Å². The molecule has 0 spiro atoms. The third-order valence-electron chi connectivity index (χ3n) is 4.33. The van der Waals surface area contributed by atoms with Gasteiger partial charge in [0, 0.05) is 11.6 Å². The van der Waals surface area contributed by atoms with Gasteiger partial charge in [0.15, 0.2) is 0 Å². The second-order valence-corrected chi connectivity index (χ2v) is 7.10. The van der Waals surface area contributed by atoms with Crippen molar-refractivity contribution in [2.75, 3.05) is 32.0 Å². The Labute approximate surface area is 168 Å². The molecule has 0 saturated carbocycles. The molecule has 0 atom stereocenters. The van der Waals surface area contributed by atoms with E-state index in [0.29, 0.717) is 44.7 Å². The maximum atomic E-state index is 13.4. The molecule has 2 aromatic rings. The van der Waals surface area contributed by atoms with Crippen molar-refractivity contribution in [1.29, 1.82) is 0 Å². The molecular weight excluding hydrogens is 378 g/mol. The van der Waals surface area contributed by atoms with Crippen molar-refractivity contribution in [2.45, 2.75) is 6.92 Å². The van der Waals surface area contributed by atoms with Gasteiger partial charge in [-0.1, -0.05) is 25.1 Å². The lowest BCUT2D eigenvalue weighted by molar-refractivity contribution is -0.119. The predicted molar refractivity (Wildman–Crippen MR) is 110 cm³/mol. The van der Waals surface area contributed by atoms with E-state index in [1.54, 1.807) is 30.3 Å². The molecule has 2 amide bonds. The monoisotopic (exact) mass is 399 g/mol. The van der Waals surface area contributed by atoms with Gasteiger partial charge in [0.05, 0.1) is 37.5 Å². The minimum Gasteiger partial charge on any atom is -0.497 e. The molecule has 28 heavy (non-hydrogen) atoms. The van der Waals surface area contributed by atoms with Crippen LogP contribution in [0.25, 0.3) is 5.57 Å². The number of carbonyl (C=O) groups excluding carboxylic acids is 2. The summed E-state index contributed by atoms with van der Waals surface area (Å²) < 4.78 is 16.1. The van der Waals surface area contributed by atoms with Gasteiger partial charge >= 0.3 is 0 Å². The number of hydrogen-bond acceptors (Lipinski definition) is 6. The summed E-state index contributed by atoms with van der Waals surface area (Å²) in [5.41, 5.74) is 1.26. The molecule has 0 N–H and O–H groups in total. The van der Waals surface area contributed by atoms with Crippen LogP contribution in [0.4, 0.5) is 5.69 Å². The highest BCUT2D eigenvalue weighted by molar-refractivity contribution is 8.04. The van der Waals surface area contributed by atoms with E-state index in [4.69, 9.17) is 14.2 Å². The number of rotatable bonds is 7. The zero-order valence-corrected chi connectivity index (χ0v) is 17.0. The summed E-state index contributed by atoms with van der Waals surface area (Å²) in [6, 6.07) is 12.2. The van der Waals surface area contributed by atoms with Crippen LogP contribution in [0.3, 0.4) is 0 Å². The fraction of sp³-hybridized carbons (Fsp3) is 0.238. The van der Waals surface area contributed by atoms with Crippen molar-refractivity contribution in [1.82, 2.24) is 0 Å². The average Bonchev–Trinajstić information content (AvgIpc) is 2.97. The van der Waals surface area contributed by atoms with Crippen LogP contribution >= 0.6 is 11.8 Å². The summed E-state index contributed by atoms with van der Waals surface area (Å²) >= 11 is 1.33. The van der Waals surface area contributed by atoms with Crippen molar-refractivity contribution in [3.63, 3.8) is 0 Å². The Kier molecular flexibility index (Phi) is 5.94. The Morgan fingerprint density at radius 2 is 1.61 bits per heavy atom. The lowest BCUT2D eigenvalue weighted by atomic mass is 10.0. The maximum Gasteiger partial charge on any atom is 0.272 e. The number of nitrogens with zero attached hydrogens (tertiary/aromatic N) is 1. The molecule has 2 aromatic carbocycles. The molecule has 146 valence electrons. The first-order valence-electron chi connectivity index (χ1n) is 8.68. The average molecular weight is 399 g/mol. The van der Waals surface area contributed by atoms with Crippen molar-refractivity contribution < 1.29 is 23.8 Å². The zero-order chi connectivity index (χ0) is 20.3. The number of imide groups is 1. The molecule has 0 saturated heterocycles. The van der Waals surface area contributed by atoms with Crippen LogP contribution in [0.2, 0.25) is 0 Å². The first kappa shape index (κ1) is 19.8. The van der Waals surface area contributed by atoms with Gasteiger partial charge < -0.3 is 14.2 Å². The number of para-hydroxylation sites is 1. The first-order chi connectivity index (χ1) is 13.6. The Hall–Kier alpha value is -2.93. The van der Waals surface area contributed by atoms with Gasteiger partial charge in [0.2, 0.25) is 0 Å². The van der Waals surface area contributed by atoms with Gasteiger partial charge in [-0.3, -0.25) is 9.59 Å². The highest BCUT2D eigenvalue weighted by Gasteiger charge is 2.42. The molecule has 1 heterocycles. The summed E-state index contributed by atoms with van der Waals surface area (Å²) in [5.74, 6) is 1.31. The lowest BCUT2D eigenvalue weighted by Crippen LogP contribution is -2.31. The molecule has 0 aromatic heterocycles. The fourth-order valence-electron chi connectivity index (χ4n) is 3.07. The molecular formula is C21H21NO5S. The van der Waals surface area contributed by atoms with Crippen molar-refractivity contribution in [3.8, 4) is 17.2 Å². The third kappa shape index (κ3) is 3.33. The number of hydrogen-bond donors (Lipinski definition) is 0. The molecule has 0 fully saturated rings. The van der Waals surface area contributed by atoms with Crippen LogP contribution in [0.1, 0.15) is 12.5 Å². The van der Waals surface area contributed by atoms with Gasteiger partial charge in [0.1, 0.15) is 17.2 Å². The molecule has 6 nitrogen and oxygen atoms in total. The smallest absolute Gasteiger partial charge is 0.272 e. The number of amides is 2. The number of carbonyl (C=O) groups is 2. The minimum absolute atomic E-state index is 0.333. The van der Waals surface area contributed by atoms with E-state index in [1.807, 2.05) is 19.1 Å². The van der Waals surface area contributed by atoms with E-state index < -0.39 is 5.91 Å². The van der Waals surface area contributed by atoms with Crippen LogP contribution in [0.5, 0.6) is 17.2 Å². The van der Waals surface area contributed by atoms with Gasteiger partial charge in [0.25, 0.3) is 11.8 Å². The highest BCUT2D eigenvalue weighted by atomic mass is 32.2. The number of anilines is 1. The molecule has 0 radical (unpaired) electrons. The fourth-order valence-corrected chi connectivity index (χ4v) is 3.91. The summed E-state index contributed by atoms with van der Waals surface area (Å²) in [6.45, 7) is 1.93. The van der Waals surface area contributed by atoms with Crippen LogP contribution in [-0.2, 0) is 9.59 Å². The first-order valence-corrected chi connectivity index (χ1v) is 9.67. The van der Waals surface area contributed by atoms with Crippen molar-refractivity contribution >= 4 is 34.8 Å². The van der Waals surface area contributed by atoms with Gasteiger partial charge in [-0.05, 0) is 24.0 Å². The Bertz CT molecular complexity index is 954. The van der Waals surface area contributed by atoms with Crippen molar-refractivity contribution in [2.24, 2.45) is 0 Å². The summed E-state index contributed by atoms with van der Waals surface area (Å²) in [7, 11) is 4.55.